The molecule has 1 amide bonds. The number of nitrogens with zero attached hydrogens (tertiary/aromatic N) is 1. The molecule has 2 aromatic rings. The first kappa shape index (κ1) is 17.0. The summed E-state index contributed by atoms with van der Waals surface area (Å²) in [7, 11) is 1.30. The number of ether oxygens (including phenoxy) is 2. The van der Waals surface area contributed by atoms with Crippen molar-refractivity contribution in [3.05, 3.63) is 40.4 Å². The molecule has 0 aliphatic heterocycles. The highest BCUT2D eigenvalue weighted by molar-refractivity contribution is 7.17. The van der Waals surface area contributed by atoms with Gasteiger partial charge in [0.1, 0.15) is 10.6 Å². The van der Waals surface area contributed by atoms with Crippen LogP contribution in [0.5, 0.6) is 5.75 Å². The van der Waals surface area contributed by atoms with Crippen molar-refractivity contribution in [2.24, 2.45) is 0 Å². The summed E-state index contributed by atoms with van der Waals surface area (Å²) in [6, 6.07) is 7.57. The minimum absolute atomic E-state index is 0.127. The number of hydrogen-bond acceptors (Lipinski definition) is 6. The summed E-state index contributed by atoms with van der Waals surface area (Å²) in [6.07, 6.45) is 0.951. The fourth-order valence-corrected chi connectivity index (χ4v) is 2.76. The van der Waals surface area contributed by atoms with Crippen LogP contribution < -0.4 is 10.1 Å². The second kappa shape index (κ2) is 7.73. The summed E-state index contributed by atoms with van der Waals surface area (Å²) < 4.78 is 10.1. The molecule has 7 heteroatoms. The first-order valence-electron chi connectivity index (χ1n) is 7.10. The van der Waals surface area contributed by atoms with Crippen LogP contribution in [0.3, 0.4) is 0 Å². The minimum Gasteiger partial charge on any atom is -0.484 e. The molecule has 0 aliphatic carbocycles. The number of carbonyl (C=O) groups excluding carboxylic acids is 2. The van der Waals surface area contributed by atoms with Gasteiger partial charge in [-0.15, -0.1) is 0 Å². The molecule has 2 rings (SSSR count). The van der Waals surface area contributed by atoms with Gasteiger partial charge in [0.15, 0.2) is 11.7 Å². The van der Waals surface area contributed by atoms with Crippen LogP contribution in [0.25, 0.3) is 0 Å². The van der Waals surface area contributed by atoms with Gasteiger partial charge in [-0.05, 0) is 31.0 Å². The Morgan fingerprint density at radius 3 is 2.57 bits per heavy atom. The van der Waals surface area contributed by atoms with E-state index in [-0.39, 0.29) is 12.5 Å². The van der Waals surface area contributed by atoms with Crippen LogP contribution in [0.1, 0.15) is 27.9 Å². The quantitative estimate of drug-likeness (QED) is 0.822. The summed E-state index contributed by atoms with van der Waals surface area (Å²) in [5, 5.41) is 2.96. The van der Waals surface area contributed by atoms with E-state index >= 15 is 0 Å². The van der Waals surface area contributed by atoms with E-state index in [0.717, 1.165) is 17.8 Å². The number of aromatic nitrogens is 1. The molecule has 0 aliphatic rings. The lowest BCUT2D eigenvalue weighted by Crippen LogP contribution is -2.20. The van der Waals surface area contributed by atoms with Gasteiger partial charge in [-0.1, -0.05) is 30.4 Å². The van der Waals surface area contributed by atoms with E-state index in [4.69, 9.17) is 4.74 Å². The van der Waals surface area contributed by atoms with Crippen LogP contribution in [0.15, 0.2) is 24.3 Å². The van der Waals surface area contributed by atoms with Crippen LogP contribution >= 0.6 is 11.3 Å². The first-order chi connectivity index (χ1) is 11.0. The van der Waals surface area contributed by atoms with Crippen LogP contribution in [0, 0.1) is 6.92 Å². The van der Waals surface area contributed by atoms with Gasteiger partial charge in [-0.3, -0.25) is 10.1 Å². The SMILES string of the molecule is CCc1ccc(OCC(=O)Nc2nc(C)c(C(=O)OC)s2)cc1. The number of rotatable bonds is 6. The number of nitrogens with one attached hydrogen (secondary N) is 1. The third kappa shape index (κ3) is 4.53. The van der Waals surface area contributed by atoms with Gasteiger partial charge in [0.25, 0.3) is 5.91 Å². The number of aryl methyl sites for hydroxylation is 2. The molecule has 0 bridgehead atoms. The lowest BCUT2D eigenvalue weighted by atomic mass is 10.2. The number of thiazole rings is 1. The Hall–Kier alpha value is -2.41. The molecule has 0 radical (unpaired) electrons. The van der Waals surface area contributed by atoms with Crippen molar-refractivity contribution in [1.29, 1.82) is 0 Å². The van der Waals surface area contributed by atoms with Crippen molar-refractivity contribution >= 4 is 28.3 Å². The topological polar surface area (TPSA) is 77.5 Å². The smallest absolute Gasteiger partial charge is 0.350 e. The van der Waals surface area contributed by atoms with E-state index in [1.54, 1.807) is 6.92 Å². The fourth-order valence-electron chi connectivity index (χ4n) is 1.86. The van der Waals surface area contributed by atoms with E-state index in [0.29, 0.717) is 21.5 Å². The van der Waals surface area contributed by atoms with Crippen molar-refractivity contribution < 1.29 is 19.1 Å². The van der Waals surface area contributed by atoms with E-state index in [1.165, 1.54) is 12.7 Å². The van der Waals surface area contributed by atoms with Crippen molar-refractivity contribution in [2.45, 2.75) is 20.3 Å². The number of hydrogen-bond donors (Lipinski definition) is 1. The zero-order chi connectivity index (χ0) is 16.8. The molecule has 1 aromatic carbocycles. The van der Waals surface area contributed by atoms with Crippen molar-refractivity contribution in [3.63, 3.8) is 0 Å². The Bertz CT molecular complexity index is 695. The third-order valence-corrected chi connectivity index (χ3v) is 4.17. The molecule has 6 nitrogen and oxygen atoms in total. The van der Waals surface area contributed by atoms with Crippen LogP contribution in [-0.4, -0.2) is 30.6 Å². The van der Waals surface area contributed by atoms with E-state index in [9.17, 15) is 9.59 Å². The molecule has 1 N–H and O–H groups in total. The van der Waals surface area contributed by atoms with Gasteiger partial charge >= 0.3 is 5.97 Å². The van der Waals surface area contributed by atoms with E-state index in [1.807, 2.05) is 24.3 Å². The maximum absolute atomic E-state index is 11.9. The average Bonchev–Trinajstić information content (AvgIpc) is 2.93. The molecule has 1 heterocycles. The fraction of sp³-hybridized carbons (Fsp3) is 0.312. The minimum atomic E-state index is -0.465. The predicted octanol–water partition coefficient (Wildman–Crippen LogP) is 2.82. The predicted molar refractivity (Wildman–Crippen MR) is 88.1 cm³/mol. The largest absolute Gasteiger partial charge is 0.484 e. The van der Waals surface area contributed by atoms with E-state index < -0.39 is 5.97 Å². The molecule has 0 saturated heterocycles. The zero-order valence-corrected chi connectivity index (χ0v) is 14.0. The first-order valence-corrected chi connectivity index (χ1v) is 7.92. The zero-order valence-electron chi connectivity index (χ0n) is 13.2. The van der Waals surface area contributed by atoms with Crippen LogP contribution in [0.4, 0.5) is 5.13 Å². The van der Waals surface area contributed by atoms with Gasteiger partial charge < -0.3 is 9.47 Å². The Morgan fingerprint density at radius 1 is 1.26 bits per heavy atom. The second-order valence-corrected chi connectivity index (χ2v) is 5.76. The summed E-state index contributed by atoms with van der Waals surface area (Å²) in [4.78, 5) is 27.9. The van der Waals surface area contributed by atoms with Crippen molar-refractivity contribution in [2.75, 3.05) is 19.0 Å². The maximum Gasteiger partial charge on any atom is 0.350 e. The van der Waals surface area contributed by atoms with Crippen LogP contribution in [0.2, 0.25) is 0 Å². The molecular formula is C16H18N2O4S. The Kier molecular flexibility index (Phi) is 5.70. The number of methoxy groups -OCH3 is 1. The Morgan fingerprint density at radius 2 is 1.96 bits per heavy atom. The summed E-state index contributed by atoms with van der Waals surface area (Å²) in [5.41, 5.74) is 1.73. The number of benzene rings is 1. The van der Waals surface area contributed by atoms with Gasteiger partial charge in [0.2, 0.25) is 0 Å². The number of carbonyl (C=O) groups is 2. The Balaban J connectivity index is 1.90. The Labute approximate surface area is 138 Å². The standard InChI is InChI=1S/C16H18N2O4S/c1-4-11-5-7-12(8-6-11)22-9-13(19)18-16-17-10(2)14(23-16)15(20)21-3/h5-8H,4,9H2,1-3H3,(H,17,18,19). The monoisotopic (exact) mass is 334 g/mol. The van der Waals surface area contributed by atoms with Gasteiger partial charge in [-0.2, -0.15) is 0 Å². The lowest BCUT2D eigenvalue weighted by molar-refractivity contribution is -0.118. The number of esters is 1. The van der Waals surface area contributed by atoms with E-state index in [2.05, 4.69) is 22.0 Å². The summed E-state index contributed by atoms with van der Waals surface area (Å²) in [5.74, 6) is -0.176. The van der Waals surface area contributed by atoms with Crippen LogP contribution in [-0.2, 0) is 16.0 Å². The molecule has 0 atom stereocenters. The van der Waals surface area contributed by atoms with Gasteiger partial charge in [0, 0.05) is 0 Å². The molecule has 0 spiro atoms. The number of amides is 1. The van der Waals surface area contributed by atoms with Gasteiger partial charge in [-0.25, -0.2) is 9.78 Å². The molecule has 23 heavy (non-hydrogen) atoms. The lowest BCUT2D eigenvalue weighted by Gasteiger charge is -2.06. The average molecular weight is 334 g/mol. The molecule has 0 fully saturated rings. The highest BCUT2D eigenvalue weighted by Crippen LogP contribution is 2.23. The highest BCUT2D eigenvalue weighted by Gasteiger charge is 2.17. The molecule has 0 saturated carbocycles. The summed E-state index contributed by atoms with van der Waals surface area (Å²) >= 11 is 1.07. The van der Waals surface area contributed by atoms with Crippen molar-refractivity contribution in [1.82, 2.24) is 4.98 Å². The molecule has 1 aromatic heterocycles. The normalized spacial score (nSPS) is 10.2. The molecular weight excluding hydrogens is 316 g/mol. The van der Waals surface area contributed by atoms with Gasteiger partial charge in [0.05, 0.1) is 12.8 Å². The summed E-state index contributed by atoms with van der Waals surface area (Å²) in [6.45, 7) is 3.63. The third-order valence-electron chi connectivity index (χ3n) is 3.12. The molecule has 0 unspecified atom stereocenters. The second-order valence-electron chi connectivity index (χ2n) is 4.76. The maximum atomic E-state index is 11.9. The van der Waals surface area contributed by atoms with Crippen molar-refractivity contribution in [3.8, 4) is 5.75 Å². The molecule has 122 valence electrons. The highest BCUT2D eigenvalue weighted by atomic mass is 32.1. The number of anilines is 1.